The molecule has 13 aromatic heterocycles. The van der Waals surface area contributed by atoms with Gasteiger partial charge in [-0.2, -0.15) is 19.9 Å². The monoisotopic (exact) mass is 2070 g/mol. The average Bonchev–Trinajstić information content (AvgIpc) is 1.67. The minimum absolute atomic E-state index is 0.0348. The number of rotatable bonds is 19. The van der Waals surface area contributed by atoms with Gasteiger partial charge in [0.15, 0.2) is 45.0 Å². The number of hydrogen-bond donors (Lipinski definition) is 9. The maximum atomic E-state index is 12.2. The molecule has 0 aliphatic carbocycles. The van der Waals surface area contributed by atoms with Gasteiger partial charge in [-0.05, 0) is 211 Å². The number of aromatic nitrogens is 26. The molecule has 0 saturated heterocycles. The van der Waals surface area contributed by atoms with Gasteiger partial charge in [0.25, 0.3) is 34.1 Å². The Kier molecular flexibility index (Phi) is 45.5. The minimum atomic E-state index is -0.668. The molecule has 149 heavy (non-hydrogen) atoms. The van der Waals surface area contributed by atoms with Gasteiger partial charge in [-0.15, -0.1) is 0 Å². The normalized spacial score (nSPS) is 11.2. The Balaban J connectivity index is 0.000000255. The molecule has 0 bridgehead atoms. The highest BCUT2D eigenvalue weighted by molar-refractivity contribution is 6.65. The number of nitrogen functional groups attached to an aromatic ring is 1. The summed E-state index contributed by atoms with van der Waals surface area (Å²) in [6, 6.07) is 25.3. The van der Waals surface area contributed by atoms with Gasteiger partial charge in [0.1, 0.15) is 41.4 Å². The fourth-order valence-corrected chi connectivity index (χ4v) is 19.7. The smallest absolute Gasteiger partial charge is 0.349 e. The molecule has 15 aromatic rings. The van der Waals surface area contributed by atoms with Crippen LogP contribution in [-0.2, 0) is 9.59 Å². The number of benzene rings is 2. The summed E-state index contributed by atoms with van der Waals surface area (Å²) in [6.07, 6.45) is 18.2. The predicted octanol–water partition coefficient (Wildman–Crippen LogP) is 15.7. The second-order valence-corrected chi connectivity index (χ2v) is 45.8. The van der Waals surface area contributed by atoms with Crippen molar-refractivity contribution < 1.29 is 19.2 Å². The Hall–Kier alpha value is -15.9. The van der Waals surface area contributed by atoms with Crippen LogP contribution in [0.1, 0.15) is 305 Å². The summed E-state index contributed by atoms with van der Waals surface area (Å²) in [6.45, 7) is 67.0. The molecule has 13 heterocycles. The third-order valence-electron chi connectivity index (χ3n) is 22.2. The van der Waals surface area contributed by atoms with Crippen LogP contribution in [0.15, 0.2) is 191 Å². The Morgan fingerprint density at radius 2 is 0.779 bits per heavy atom. The Bertz CT molecular complexity index is 7550. The van der Waals surface area contributed by atoms with E-state index >= 15 is 0 Å². The summed E-state index contributed by atoms with van der Waals surface area (Å²) in [5, 5.41) is 11.7. The quantitative estimate of drug-likeness (QED) is 0.0340. The summed E-state index contributed by atoms with van der Waals surface area (Å²) in [7, 11) is -0.668. The van der Waals surface area contributed by atoms with E-state index in [1.807, 2.05) is 183 Å². The van der Waals surface area contributed by atoms with Crippen LogP contribution in [0.3, 0.4) is 0 Å². The van der Waals surface area contributed by atoms with Gasteiger partial charge in [0.2, 0.25) is 17.8 Å². The number of H-pyrrole nitrogens is 4. The van der Waals surface area contributed by atoms with E-state index in [1.165, 1.54) is 54.4 Å². The summed E-state index contributed by atoms with van der Waals surface area (Å²) in [5.41, 5.74) is 10.7. The number of nitrogens with two attached hydrogens (primary N) is 1. The van der Waals surface area contributed by atoms with Gasteiger partial charge in [-0.25, -0.2) is 68.8 Å². The van der Waals surface area contributed by atoms with E-state index in [1.54, 1.807) is 117 Å². The van der Waals surface area contributed by atoms with E-state index in [2.05, 4.69) is 175 Å². The number of anilines is 5. The molecule has 0 unspecified atom stereocenters. The highest BCUT2D eigenvalue weighted by Crippen LogP contribution is 2.45. The van der Waals surface area contributed by atoms with Gasteiger partial charge in [0.05, 0.1) is 31.0 Å². The van der Waals surface area contributed by atoms with Crippen LogP contribution < -0.4 is 77.7 Å². The molecule has 10 N–H and O–H groups in total. The van der Waals surface area contributed by atoms with E-state index in [0.717, 1.165) is 28.3 Å². The molecule has 0 radical (unpaired) electrons. The topological polar surface area (TPSA) is 571 Å². The fraction of sp³-hybridized carbons (Fsp3) is 0.462. The number of nitrogens with zero attached hydrogens (tertiary/aromatic N) is 22. The van der Waals surface area contributed by atoms with E-state index in [-0.39, 0.29) is 146 Å². The molecular formula is C104H149N31O13Si. The number of imidazole rings is 4. The second kappa shape index (κ2) is 55.6. The summed E-state index contributed by atoms with van der Waals surface area (Å²) < 4.78 is 15.2. The van der Waals surface area contributed by atoms with Crippen molar-refractivity contribution in [2.75, 3.05) is 27.0 Å². The van der Waals surface area contributed by atoms with Crippen molar-refractivity contribution in [1.29, 1.82) is 0 Å². The van der Waals surface area contributed by atoms with Crippen molar-refractivity contribution >= 4 is 106 Å². The largest absolute Gasteiger partial charge is 0.383 e. The molecule has 44 nitrogen and oxygen atoms in total. The van der Waals surface area contributed by atoms with E-state index in [4.69, 9.17) is 5.73 Å². The highest BCUT2D eigenvalue weighted by atomic mass is 28.3. The lowest BCUT2D eigenvalue weighted by molar-refractivity contribution is -0.117. The number of amides is 4. The van der Waals surface area contributed by atoms with Crippen LogP contribution in [0.5, 0.6) is 0 Å². The van der Waals surface area contributed by atoms with Crippen LogP contribution in [0.25, 0.3) is 44.7 Å². The van der Waals surface area contributed by atoms with Gasteiger partial charge in [-0.3, -0.25) is 81.5 Å². The molecule has 2 aromatic carbocycles. The van der Waals surface area contributed by atoms with Crippen LogP contribution in [0.2, 0.25) is 16.1 Å². The first-order valence-corrected chi connectivity index (χ1v) is 51.3. The zero-order valence-electron chi connectivity index (χ0n) is 91.9. The molecule has 0 atom stereocenters. The molecule has 4 amide bonds. The molecule has 0 fully saturated rings. The van der Waals surface area contributed by atoms with Gasteiger partial charge >= 0.3 is 28.4 Å². The first-order valence-electron chi connectivity index (χ1n) is 49.3. The second-order valence-electron chi connectivity index (χ2n) is 40.8. The number of carbonyl (C=O) groups excluding carboxylic acids is 4. The van der Waals surface area contributed by atoms with Crippen molar-refractivity contribution in [2.24, 2.45) is 11.8 Å². The SMILES string of the molecule is CC(=O)Nc1ccn(C(C)C)c(=O)n1.CC(C)CC(=O)Nc1nc2c(ncn2C(C)C)c(=O)[nH]1.CC(C)C[SiH](C(C)(C)C)C(C)(C)C.CC(C)n1ccc(=O)[nH]c1=O.CC(C)n1ccc(N)nc1=O.CC(C)n1cnc2c(NC(=O)c3ccccc3)ncnc21.Cc1cn(C(C)C)c(=O)[nH]c1=O.Cc1cn(C(C)C)c(=O)nc1NC(=O)c1ccccc1.Cc1nc2c(ncn2C(C)C)c(=O)[nH]1.Cc1ncnc2c1ncn2C(C)C. The van der Waals surface area contributed by atoms with Crippen molar-refractivity contribution in [2.45, 2.75) is 305 Å². The molecule has 0 aliphatic heterocycles. The predicted molar refractivity (Wildman–Crippen MR) is 589 cm³/mol. The Morgan fingerprint density at radius 3 is 1.22 bits per heavy atom. The van der Waals surface area contributed by atoms with E-state index in [0.29, 0.717) is 90.5 Å². The maximum absolute atomic E-state index is 12.2. The lowest BCUT2D eigenvalue weighted by atomic mass is 10.1. The summed E-state index contributed by atoms with van der Waals surface area (Å²) >= 11 is 0. The maximum Gasteiger partial charge on any atom is 0.349 e. The van der Waals surface area contributed by atoms with Gasteiger partial charge < -0.3 is 44.9 Å². The Morgan fingerprint density at radius 1 is 0.369 bits per heavy atom. The van der Waals surface area contributed by atoms with Crippen LogP contribution in [0, 0.1) is 39.5 Å². The molecular weight excluding hydrogens is 1920 g/mol. The molecule has 45 heteroatoms. The number of aromatic amines is 4. The fourth-order valence-electron chi connectivity index (χ4n) is 14.8. The lowest BCUT2D eigenvalue weighted by Crippen LogP contribution is -2.36. The average molecular weight is 2070 g/mol. The number of aryl methyl sites for hydroxylation is 4. The number of fused-ring (bicyclic) bond motifs is 4. The van der Waals surface area contributed by atoms with Crippen molar-refractivity contribution in [3.05, 3.63) is 275 Å². The molecule has 0 spiro atoms. The van der Waals surface area contributed by atoms with Crippen LogP contribution in [0.4, 0.5) is 29.2 Å². The summed E-state index contributed by atoms with van der Waals surface area (Å²) in [4.78, 5) is 211. The number of hydrogen-bond acceptors (Lipinski definition) is 27. The molecule has 15 rings (SSSR count). The lowest BCUT2D eigenvalue weighted by Gasteiger charge is -2.40. The number of carbonyl (C=O) groups is 4. The van der Waals surface area contributed by atoms with Crippen LogP contribution >= 0.6 is 0 Å². The standard InChI is InChI=1S/C15H15N5O.C15H17N3O2.C13H19N5O2.C12H28Si.C9H12N4O.C9H12N4.C9H13N3O2.C8H12N2O2.C7H11N3O.C7H10N2O2/c1-10(2)20-9-18-12-13(16-8-17-14(12)20)19-15(21)11-6-4-3-5-7-11;1-10(2)18-9-11(3)13(17-15(18)20)16-14(19)12-7-5-4-6-8-12;1-7(2)5-9(19)15-13-16-11-10(12(20)17-13)14-6-18(11)8(3)4;1-10(2)9-13(11(3,4)5)12(6,7)8;1-5(2)13-4-10-7-8(13)11-6(3)12-9(7)14;1-6(2)13-5-12-8-7(3)10-4-11-9(8)13;1-6(2)12-5-4-8(10-7(3)13)11-9(12)14;1-5(2)10-4-6(3)7(11)9-8(10)12;1-5(2)10-4-3-6(8)9-7(10)11;1-5(2)9-4-3-6(10)8-7(9)11/h3-10H,1-2H3,(H,16,17,19,21);4-10H,1-3H3,(H,16,17,19,20);6-8H,5H2,1-4H3,(H2,15,16,17,19,20);10,13H,9H2,1-8H3;4-5H,1-3H3,(H,11,12,14);4-6H,1-3H3;4-6H,1-3H3,(H,10,11,13,14);4-5H,1-3H3,(H,9,11,12);3-5H,1-2H3,(H2,8,9,11);3-5H,1-2H3,(H,8,10,11). The van der Waals surface area contributed by atoms with Crippen molar-refractivity contribution in [3.8, 4) is 0 Å². The van der Waals surface area contributed by atoms with E-state index < -0.39 is 8.80 Å². The highest BCUT2D eigenvalue weighted by Gasteiger charge is 2.36. The van der Waals surface area contributed by atoms with Crippen molar-refractivity contribution in [1.82, 2.24) is 126 Å². The van der Waals surface area contributed by atoms with Crippen molar-refractivity contribution in [3.63, 3.8) is 0 Å². The molecule has 0 aliphatic rings. The van der Waals surface area contributed by atoms with Gasteiger partial charge in [0, 0.05) is 136 Å². The minimum Gasteiger partial charge on any atom is -0.383 e. The third-order valence-corrected chi connectivity index (χ3v) is 27.8. The molecule has 802 valence electrons. The Labute approximate surface area is 866 Å². The van der Waals surface area contributed by atoms with Crippen LogP contribution in [-0.4, -0.2) is 158 Å². The van der Waals surface area contributed by atoms with E-state index in [9.17, 15) is 62.3 Å². The summed E-state index contributed by atoms with van der Waals surface area (Å²) in [5.74, 6) is 2.29. The first kappa shape index (κ1) is 122. The zero-order chi connectivity index (χ0) is 112. The van der Waals surface area contributed by atoms with Gasteiger partial charge in [-0.1, -0.05) is 112 Å². The zero-order valence-corrected chi connectivity index (χ0v) is 93.1. The first-order chi connectivity index (χ1) is 69.6. The molecule has 0 saturated carbocycles. The number of nitrogens with one attached hydrogen (secondary N) is 8. The third kappa shape index (κ3) is 36.6.